The number of aromatic nitrogens is 5. The summed E-state index contributed by atoms with van der Waals surface area (Å²) in [6.07, 6.45) is 0. The number of esters is 1. The normalized spacial score (nSPS) is 9.97. The van der Waals surface area contributed by atoms with Crippen molar-refractivity contribution in [3.05, 3.63) is 273 Å². The van der Waals surface area contributed by atoms with E-state index in [9.17, 15) is 31.1 Å². The first-order valence-electron chi connectivity index (χ1n) is 28.0. The number of aliphatic hydroxyl groups is 1. The first kappa shape index (κ1) is 73.2. The van der Waals surface area contributed by atoms with E-state index in [0.717, 1.165) is 68.7 Å². The summed E-state index contributed by atoms with van der Waals surface area (Å²) in [5.74, 6) is 1.04. The maximum Gasteiger partial charge on any atom is 0.342 e. The molecular formula is C68H69BrF6N10O8. The lowest BCUT2D eigenvalue weighted by Crippen LogP contribution is -2.08. The van der Waals surface area contributed by atoms with Crippen molar-refractivity contribution >= 4 is 45.2 Å². The first-order chi connectivity index (χ1) is 45.0. The first-order valence-corrected chi connectivity index (χ1v) is 28.8. The summed E-state index contributed by atoms with van der Waals surface area (Å²) in [6.45, 7) is 2.43. The van der Waals surface area contributed by atoms with E-state index < -0.39 is 41.7 Å². The summed E-state index contributed by atoms with van der Waals surface area (Å²) in [5.41, 5.74) is 10.7. The highest BCUT2D eigenvalue weighted by atomic mass is 79.9. The van der Waals surface area contributed by atoms with E-state index in [-0.39, 0.29) is 17.7 Å². The highest BCUT2D eigenvalue weighted by Crippen LogP contribution is 2.20. The van der Waals surface area contributed by atoms with Crippen molar-refractivity contribution in [2.45, 2.75) is 39.3 Å². The van der Waals surface area contributed by atoms with E-state index >= 15 is 0 Å². The van der Waals surface area contributed by atoms with Gasteiger partial charge < -0.3 is 60.5 Å². The van der Waals surface area contributed by atoms with Crippen molar-refractivity contribution < 1.29 is 64.7 Å². The van der Waals surface area contributed by atoms with Crippen LogP contribution >= 0.6 is 15.9 Å². The Balaban J connectivity index is 0.000000207. The SMILES string of the molecule is COC(=O)c1ccc(NCc2ccc(OC)cc2)nc1F.COc1ccc(CN)cc1.COc1ccc(CNc2ccc(Br)c(F)n2)cc1.COc1ccc(CNc2ccc(CO)c(F)n2)cc1.COc1ccc(CNc2cccc(F)n2)cc1.Fc1cccc(F)n1. The van der Waals surface area contributed by atoms with Crippen molar-refractivity contribution in [1.29, 1.82) is 0 Å². The average Bonchev–Trinajstić information content (AvgIpc) is 2.48. The number of methoxy groups -OCH3 is 6. The van der Waals surface area contributed by atoms with Gasteiger partial charge in [0.2, 0.25) is 35.7 Å². The van der Waals surface area contributed by atoms with E-state index in [1.165, 1.54) is 37.4 Å². The van der Waals surface area contributed by atoms with Crippen molar-refractivity contribution in [3.8, 4) is 28.7 Å². The van der Waals surface area contributed by atoms with Crippen LogP contribution in [0, 0.1) is 35.7 Å². The number of pyridine rings is 5. The number of benzene rings is 5. The molecule has 0 aliphatic rings. The minimum Gasteiger partial charge on any atom is -0.497 e. The van der Waals surface area contributed by atoms with Crippen LogP contribution in [-0.4, -0.2) is 78.7 Å². The molecule has 5 heterocycles. The topological polar surface area (TPSA) is 231 Å². The molecule has 0 spiro atoms. The quantitative estimate of drug-likeness (QED) is 0.0237. The summed E-state index contributed by atoms with van der Waals surface area (Å²) in [4.78, 5) is 29.0. The second-order valence-corrected chi connectivity index (χ2v) is 19.6. The molecule has 25 heteroatoms. The lowest BCUT2D eigenvalue weighted by atomic mass is 10.2. The van der Waals surface area contributed by atoms with E-state index in [4.69, 9.17) is 34.5 Å². The summed E-state index contributed by atoms with van der Waals surface area (Å²) in [5, 5.41) is 21.0. The fraction of sp³-hybridized carbons (Fsp3) is 0.176. The Morgan fingerprint density at radius 3 is 1.02 bits per heavy atom. The Bertz CT molecular complexity index is 3780. The number of aliphatic hydroxyl groups excluding tert-OH is 1. The zero-order chi connectivity index (χ0) is 67.3. The number of anilines is 4. The molecular weight excluding hydrogens is 1280 g/mol. The molecule has 0 fully saturated rings. The fourth-order valence-electron chi connectivity index (χ4n) is 7.39. The van der Waals surface area contributed by atoms with E-state index in [1.807, 2.05) is 121 Å². The van der Waals surface area contributed by atoms with E-state index in [2.05, 4.69) is 66.9 Å². The molecule has 10 aromatic rings. The molecule has 0 radical (unpaired) electrons. The molecule has 0 unspecified atom stereocenters. The average molecular weight is 1350 g/mol. The summed E-state index contributed by atoms with van der Waals surface area (Å²) in [7, 11) is 9.31. The summed E-state index contributed by atoms with van der Waals surface area (Å²) >= 11 is 3.06. The van der Waals surface area contributed by atoms with Crippen LogP contribution < -0.4 is 50.7 Å². The highest BCUT2D eigenvalue weighted by molar-refractivity contribution is 9.10. The van der Waals surface area contributed by atoms with Gasteiger partial charge in [-0.25, -0.2) is 24.7 Å². The number of hydrogen-bond acceptors (Lipinski definition) is 18. The Morgan fingerprint density at radius 1 is 0.398 bits per heavy atom. The number of carbonyl (C=O) groups excluding carboxylic acids is 1. The van der Waals surface area contributed by atoms with Crippen molar-refractivity contribution in [2.24, 2.45) is 5.73 Å². The largest absolute Gasteiger partial charge is 0.497 e. The molecule has 0 aliphatic carbocycles. The van der Waals surface area contributed by atoms with Crippen LogP contribution in [0.4, 0.5) is 49.6 Å². The number of nitrogens with zero attached hydrogens (tertiary/aromatic N) is 5. The van der Waals surface area contributed by atoms with Gasteiger partial charge in [-0.15, -0.1) is 0 Å². The molecule has 5 aromatic carbocycles. The van der Waals surface area contributed by atoms with Gasteiger partial charge in [-0.2, -0.15) is 31.3 Å². The Morgan fingerprint density at radius 2 is 0.720 bits per heavy atom. The number of carbonyl (C=O) groups is 1. The van der Waals surface area contributed by atoms with Crippen molar-refractivity contribution in [3.63, 3.8) is 0 Å². The minimum atomic E-state index is -0.860. The standard InChI is InChI=1S/C15H15FN2O3.C14H15FN2O2.C13H12BrFN2O.C13H13FN2O.C8H11NO.C5H3F2N/c1-20-11-5-3-10(4-6-11)9-17-13-8-7-12(14(16)18-13)15(19)21-2;1-19-12-5-2-10(3-6-12)8-16-13-7-4-11(9-18)14(15)17-13;1-18-10-4-2-9(3-5-10)8-16-12-7-6-11(14)13(15)17-12;1-17-11-7-5-10(6-8-11)9-15-13-4-2-3-12(14)16-13;1-10-8-4-2-7(6-9)3-5-8;6-4-2-1-3-5(7)8-4/h3-8H,9H2,1-2H3,(H,17,18);2-7,18H,8-9H2,1H3,(H,16,17);2-7H,8H2,1H3,(H,16,17);2-8H,9H2,1H3,(H,15,16);2-5H,6,9H2,1H3;1-3H. The minimum absolute atomic E-state index is 0.188. The Labute approximate surface area is 543 Å². The van der Waals surface area contributed by atoms with Gasteiger partial charge in [-0.3, -0.25) is 0 Å². The zero-order valence-electron chi connectivity index (χ0n) is 51.5. The smallest absolute Gasteiger partial charge is 0.342 e. The predicted octanol–water partition coefficient (Wildman–Crippen LogP) is 13.9. The molecule has 488 valence electrons. The number of rotatable bonds is 20. The van der Waals surface area contributed by atoms with Crippen LogP contribution in [0.2, 0.25) is 0 Å². The number of ether oxygens (including phenoxy) is 6. The fourth-order valence-corrected chi connectivity index (χ4v) is 7.61. The molecule has 0 atom stereocenters. The van der Waals surface area contributed by atoms with Crippen LogP contribution in [-0.2, 0) is 44.1 Å². The van der Waals surface area contributed by atoms with Gasteiger partial charge in [-0.05, 0) is 165 Å². The van der Waals surface area contributed by atoms with E-state index in [1.54, 1.807) is 65.9 Å². The second kappa shape index (κ2) is 40.3. The maximum absolute atomic E-state index is 13.6. The van der Waals surface area contributed by atoms with Crippen LogP contribution in [0.25, 0.3) is 0 Å². The zero-order valence-corrected chi connectivity index (χ0v) is 53.1. The summed E-state index contributed by atoms with van der Waals surface area (Å²) < 4.78 is 107. The molecule has 0 saturated carbocycles. The molecule has 5 aromatic heterocycles. The Kier molecular flexibility index (Phi) is 31.7. The lowest BCUT2D eigenvalue weighted by molar-refractivity contribution is 0.0594. The number of hydrogen-bond donors (Lipinski definition) is 6. The van der Waals surface area contributed by atoms with Gasteiger partial charge in [0.25, 0.3) is 0 Å². The molecule has 0 amide bonds. The second-order valence-electron chi connectivity index (χ2n) is 18.8. The third-order valence-electron chi connectivity index (χ3n) is 12.5. The highest BCUT2D eigenvalue weighted by Gasteiger charge is 2.14. The number of nitrogens with two attached hydrogens (primary N) is 1. The molecule has 10 rings (SSSR count). The molecule has 0 bridgehead atoms. The van der Waals surface area contributed by atoms with Gasteiger partial charge in [0.15, 0.2) is 0 Å². The molecule has 0 aliphatic heterocycles. The van der Waals surface area contributed by atoms with Gasteiger partial charge in [0.1, 0.15) is 57.6 Å². The van der Waals surface area contributed by atoms with Crippen LogP contribution in [0.1, 0.15) is 43.7 Å². The lowest BCUT2D eigenvalue weighted by Gasteiger charge is -2.08. The maximum atomic E-state index is 13.6. The summed E-state index contributed by atoms with van der Waals surface area (Å²) in [6, 6.07) is 55.5. The van der Waals surface area contributed by atoms with Gasteiger partial charge in [0.05, 0.1) is 53.7 Å². The van der Waals surface area contributed by atoms with Gasteiger partial charge >= 0.3 is 5.97 Å². The van der Waals surface area contributed by atoms with Crippen molar-refractivity contribution in [1.82, 2.24) is 24.9 Å². The van der Waals surface area contributed by atoms with Crippen LogP contribution in [0.3, 0.4) is 0 Å². The third kappa shape index (κ3) is 26.9. The van der Waals surface area contributed by atoms with Crippen LogP contribution in [0.15, 0.2) is 199 Å². The molecule has 18 nitrogen and oxygen atoms in total. The molecule has 93 heavy (non-hydrogen) atoms. The van der Waals surface area contributed by atoms with Gasteiger partial charge in [-0.1, -0.05) is 72.8 Å². The third-order valence-corrected chi connectivity index (χ3v) is 13.1. The number of nitrogens with one attached hydrogen (secondary N) is 4. The predicted molar refractivity (Wildman–Crippen MR) is 348 cm³/mol. The van der Waals surface area contributed by atoms with E-state index in [0.29, 0.717) is 60.5 Å². The Hall–Kier alpha value is -10.5. The van der Waals surface area contributed by atoms with Gasteiger partial charge in [0, 0.05) is 38.3 Å². The van der Waals surface area contributed by atoms with Crippen LogP contribution in [0.5, 0.6) is 28.7 Å². The monoisotopic (exact) mass is 1350 g/mol. The number of halogens is 7. The molecule has 0 saturated heterocycles. The van der Waals surface area contributed by atoms with Crippen molar-refractivity contribution in [2.75, 3.05) is 63.9 Å². The molecule has 7 N–H and O–H groups in total.